The minimum atomic E-state index is -1.68. The molecule has 0 bridgehead atoms. The highest BCUT2D eigenvalue weighted by Crippen LogP contribution is 2.19. The maximum atomic E-state index is 13.5. The molecule has 144 valence electrons. The van der Waals surface area contributed by atoms with Gasteiger partial charge in [-0.3, -0.25) is 9.59 Å². The van der Waals surface area contributed by atoms with E-state index in [1.165, 1.54) is 0 Å². The summed E-state index contributed by atoms with van der Waals surface area (Å²) in [6.07, 6.45) is 0. The van der Waals surface area contributed by atoms with Crippen LogP contribution < -0.4 is 16.0 Å². The van der Waals surface area contributed by atoms with E-state index in [0.29, 0.717) is 11.1 Å². The number of halogens is 4. The third-order valence-corrected chi connectivity index (χ3v) is 3.91. The van der Waals surface area contributed by atoms with Crippen molar-refractivity contribution in [2.45, 2.75) is 13.0 Å². The molecule has 0 heterocycles. The third-order valence-electron chi connectivity index (χ3n) is 3.67. The molecule has 5 nitrogen and oxygen atoms in total. The summed E-state index contributed by atoms with van der Waals surface area (Å²) in [5, 5.41) is 7.94. The highest BCUT2D eigenvalue weighted by molar-refractivity contribution is 6.30. The van der Waals surface area contributed by atoms with Crippen LogP contribution >= 0.6 is 11.6 Å². The summed E-state index contributed by atoms with van der Waals surface area (Å²) in [4.78, 5) is 23.5. The van der Waals surface area contributed by atoms with Gasteiger partial charge < -0.3 is 16.0 Å². The van der Waals surface area contributed by atoms with Crippen molar-refractivity contribution in [2.75, 3.05) is 18.4 Å². The quantitative estimate of drug-likeness (QED) is 0.626. The lowest BCUT2D eigenvalue weighted by Crippen LogP contribution is -2.39. The number of amides is 2. The van der Waals surface area contributed by atoms with Crippen LogP contribution in [0.4, 0.5) is 18.9 Å². The van der Waals surface area contributed by atoms with Crippen molar-refractivity contribution in [2.24, 2.45) is 0 Å². The molecule has 0 aliphatic heterocycles. The number of hydrogen-bond acceptors (Lipinski definition) is 3. The Hall–Kier alpha value is -2.58. The van der Waals surface area contributed by atoms with E-state index in [-0.39, 0.29) is 12.6 Å². The predicted molar refractivity (Wildman–Crippen MR) is 95.8 cm³/mol. The van der Waals surface area contributed by atoms with E-state index >= 15 is 0 Å². The Morgan fingerprint density at radius 2 is 1.78 bits per heavy atom. The number of carbonyl (C=O) groups is 2. The minimum Gasteiger partial charge on any atom is -0.346 e. The first-order valence-corrected chi connectivity index (χ1v) is 8.34. The molecule has 2 aromatic carbocycles. The fraction of sp³-hybridized carbons (Fsp3) is 0.222. The molecule has 2 rings (SSSR count). The van der Waals surface area contributed by atoms with Gasteiger partial charge in [-0.2, -0.15) is 0 Å². The number of rotatable bonds is 7. The van der Waals surface area contributed by atoms with Crippen LogP contribution in [0, 0.1) is 17.5 Å². The van der Waals surface area contributed by atoms with Gasteiger partial charge in [0.25, 0.3) is 0 Å². The van der Waals surface area contributed by atoms with Crippen LogP contribution in [0.5, 0.6) is 0 Å². The second-order valence-corrected chi connectivity index (χ2v) is 6.14. The second-order valence-electron chi connectivity index (χ2n) is 5.71. The van der Waals surface area contributed by atoms with Gasteiger partial charge in [-0.05, 0) is 36.8 Å². The minimum absolute atomic E-state index is 0.0690. The summed E-state index contributed by atoms with van der Waals surface area (Å²) in [7, 11) is 0. The van der Waals surface area contributed by atoms with E-state index in [0.717, 1.165) is 11.6 Å². The van der Waals surface area contributed by atoms with E-state index in [4.69, 9.17) is 11.6 Å². The maximum Gasteiger partial charge on any atom is 0.243 e. The van der Waals surface area contributed by atoms with Crippen LogP contribution in [0.25, 0.3) is 0 Å². The van der Waals surface area contributed by atoms with Gasteiger partial charge >= 0.3 is 0 Å². The molecule has 3 N–H and O–H groups in total. The van der Waals surface area contributed by atoms with Gasteiger partial charge in [-0.15, -0.1) is 0 Å². The zero-order chi connectivity index (χ0) is 20.0. The molecular formula is C18H17ClF3N3O2. The monoisotopic (exact) mass is 399 g/mol. The van der Waals surface area contributed by atoms with Crippen LogP contribution in [-0.4, -0.2) is 24.9 Å². The van der Waals surface area contributed by atoms with Crippen LogP contribution in [-0.2, 0) is 9.59 Å². The van der Waals surface area contributed by atoms with Gasteiger partial charge in [-0.1, -0.05) is 23.7 Å². The molecule has 27 heavy (non-hydrogen) atoms. The molecule has 0 aromatic heterocycles. The maximum absolute atomic E-state index is 13.5. The average molecular weight is 400 g/mol. The molecule has 0 aliphatic carbocycles. The van der Waals surface area contributed by atoms with Crippen LogP contribution in [0.15, 0.2) is 36.4 Å². The Balaban J connectivity index is 1.78. The summed E-state index contributed by atoms with van der Waals surface area (Å²) in [6.45, 7) is 1.32. The zero-order valence-corrected chi connectivity index (χ0v) is 15.0. The van der Waals surface area contributed by atoms with Crippen LogP contribution in [0.2, 0.25) is 5.02 Å². The largest absolute Gasteiger partial charge is 0.346 e. The number of carbonyl (C=O) groups excluding carboxylic acids is 2. The molecule has 2 aromatic rings. The first-order chi connectivity index (χ1) is 12.8. The number of hydrogen-bond donors (Lipinski definition) is 3. The molecule has 0 fully saturated rings. The van der Waals surface area contributed by atoms with Crippen molar-refractivity contribution in [3.8, 4) is 0 Å². The van der Waals surface area contributed by atoms with Gasteiger partial charge in [0, 0.05) is 11.1 Å². The van der Waals surface area contributed by atoms with Gasteiger partial charge in [-0.25, -0.2) is 13.2 Å². The molecule has 9 heteroatoms. The molecule has 0 aliphatic rings. The van der Waals surface area contributed by atoms with E-state index in [1.807, 2.05) is 13.0 Å². The van der Waals surface area contributed by atoms with E-state index in [2.05, 4.69) is 16.0 Å². The third kappa shape index (κ3) is 5.97. The fourth-order valence-corrected chi connectivity index (χ4v) is 2.40. The standard InChI is InChI=1S/C18H17ClF3N3O2/c1-10(11-3-2-4-12(19)7-11)23-8-15(26)24-9-16(27)25-14-6-5-13(20)17(21)18(14)22/h2-7,10,23H,8-9H2,1H3,(H,24,26)(H,25,27)/t10-/m0/s1. The smallest absolute Gasteiger partial charge is 0.243 e. The number of anilines is 1. The van der Waals surface area contributed by atoms with E-state index < -0.39 is 41.5 Å². The first kappa shape index (κ1) is 20.7. The Morgan fingerprint density at radius 1 is 1.04 bits per heavy atom. The van der Waals surface area contributed by atoms with Gasteiger partial charge in [0.05, 0.1) is 18.8 Å². The normalized spacial score (nSPS) is 11.7. The summed E-state index contributed by atoms with van der Waals surface area (Å²) in [5.41, 5.74) is 0.378. The highest BCUT2D eigenvalue weighted by Gasteiger charge is 2.15. The zero-order valence-electron chi connectivity index (χ0n) is 14.3. The Morgan fingerprint density at radius 3 is 2.48 bits per heavy atom. The molecule has 2 amide bonds. The Bertz CT molecular complexity index is 849. The summed E-state index contributed by atoms with van der Waals surface area (Å²) in [5.74, 6) is -5.80. The fourth-order valence-electron chi connectivity index (χ4n) is 2.20. The lowest BCUT2D eigenvalue weighted by atomic mass is 10.1. The molecule has 0 unspecified atom stereocenters. The molecule has 0 radical (unpaired) electrons. The summed E-state index contributed by atoms with van der Waals surface area (Å²) in [6, 6.07) is 8.57. The highest BCUT2D eigenvalue weighted by atomic mass is 35.5. The molecule has 0 saturated heterocycles. The first-order valence-electron chi connectivity index (χ1n) is 7.97. The summed E-state index contributed by atoms with van der Waals surface area (Å²) < 4.78 is 39.4. The SMILES string of the molecule is C[C@H](NCC(=O)NCC(=O)Nc1ccc(F)c(F)c1F)c1cccc(Cl)c1. The lowest BCUT2D eigenvalue weighted by molar-refractivity contribution is -0.123. The van der Waals surface area contributed by atoms with Crippen molar-refractivity contribution in [3.63, 3.8) is 0 Å². The van der Waals surface area contributed by atoms with Crippen molar-refractivity contribution in [1.82, 2.24) is 10.6 Å². The van der Waals surface area contributed by atoms with Crippen molar-refractivity contribution >= 4 is 29.1 Å². The van der Waals surface area contributed by atoms with Crippen molar-refractivity contribution < 1.29 is 22.8 Å². The predicted octanol–water partition coefficient (Wildman–Crippen LogP) is 3.16. The topological polar surface area (TPSA) is 70.2 Å². The van der Waals surface area contributed by atoms with E-state index in [9.17, 15) is 22.8 Å². The number of benzene rings is 2. The van der Waals surface area contributed by atoms with Crippen LogP contribution in [0.3, 0.4) is 0 Å². The second kappa shape index (κ2) is 9.38. The van der Waals surface area contributed by atoms with Gasteiger partial charge in [0.1, 0.15) is 0 Å². The van der Waals surface area contributed by atoms with Gasteiger partial charge in [0.2, 0.25) is 11.8 Å². The number of nitrogens with one attached hydrogen (secondary N) is 3. The molecular weight excluding hydrogens is 383 g/mol. The van der Waals surface area contributed by atoms with Crippen molar-refractivity contribution in [3.05, 3.63) is 64.4 Å². The lowest BCUT2D eigenvalue weighted by Gasteiger charge is -2.14. The summed E-state index contributed by atoms with van der Waals surface area (Å²) >= 11 is 5.91. The molecule has 0 saturated carbocycles. The van der Waals surface area contributed by atoms with Crippen LogP contribution in [0.1, 0.15) is 18.5 Å². The van der Waals surface area contributed by atoms with E-state index in [1.54, 1.807) is 18.2 Å². The Labute approximate surface area is 158 Å². The average Bonchev–Trinajstić information content (AvgIpc) is 2.65. The van der Waals surface area contributed by atoms with Crippen molar-refractivity contribution in [1.29, 1.82) is 0 Å². The molecule has 0 spiro atoms. The van der Waals surface area contributed by atoms with Gasteiger partial charge in [0.15, 0.2) is 17.5 Å². The Kier molecular flexibility index (Phi) is 7.20. The molecule has 1 atom stereocenters.